The minimum absolute atomic E-state index is 0.0242. The molecule has 3 fully saturated rings. The van der Waals surface area contributed by atoms with Crippen LogP contribution in [0.5, 0.6) is 0 Å². The fraction of sp³-hybridized carbons (Fsp3) is 0.810. The molecule has 0 spiro atoms. The first-order chi connectivity index (χ1) is 13.0. The van der Waals surface area contributed by atoms with Crippen LogP contribution >= 0.6 is 0 Å². The lowest BCUT2D eigenvalue weighted by Crippen LogP contribution is -2.70. The number of rotatable bonds is 2. The zero-order valence-corrected chi connectivity index (χ0v) is 16.3. The average Bonchev–Trinajstić information content (AvgIpc) is 2.84. The van der Waals surface area contributed by atoms with Gasteiger partial charge in [0.15, 0.2) is 17.2 Å². The van der Waals surface area contributed by atoms with Crippen molar-refractivity contribution in [3.8, 4) is 0 Å². The van der Waals surface area contributed by atoms with Crippen molar-refractivity contribution in [1.82, 2.24) is 0 Å². The number of hydrogen-bond donors (Lipinski definition) is 4. The van der Waals surface area contributed by atoms with E-state index in [1.54, 1.807) is 13.8 Å². The van der Waals surface area contributed by atoms with Crippen LogP contribution in [-0.2, 0) is 9.59 Å². The summed E-state index contributed by atoms with van der Waals surface area (Å²) >= 11 is 0. The lowest BCUT2D eigenvalue weighted by atomic mass is 9.44. The van der Waals surface area contributed by atoms with E-state index in [4.69, 9.17) is 0 Å². The molecule has 4 aliphatic rings. The van der Waals surface area contributed by atoms with E-state index in [0.29, 0.717) is 19.3 Å². The summed E-state index contributed by atoms with van der Waals surface area (Å²) in [5, 5.41) is 42.2. The fourth-order valence-corrected chi connectivity index (χ4v) is 7.21. The van der Waals surface area contributed by atoms with Crippen LogP contribution < -0.4 is 0 Å². The van der Waals surface area contributed by atoms with Crippen molar-refractivity contribution in [1.29, 1.82) is 0 Å². The number of carbonyl (C=O) groups excluding carboxylic acids is 2. The summed E-state index contributed by atoms with van der Waals surface area (Å²) in [5.74, 6) is -2.10. The maximum Gasteiger partial charge on any atom is 0.192 e. The molecule has 156 valence electrons. The molecule has 4 rings (SSSR count). The van der Waals surface area contributed by atoms with Gasteiger partial charge >= 0.3 is 0 Å². The van der Waals surface area contributed by atoms with E-state index in [-0.39, 0.29) is 25.0 Å². The number of carbonyl (C=O) groups is 2. The highest BCUT2D eigenvalue weighted by Gasteiger charge is 2.76. The largest absolute Gasteiger partial charge is 0.390 e. The number of ketones is 2. The summed E-state index contributed by atoms with van der Waals surface area (Å²) in [5.41, 5.74) is -5.72. The standard InChI is InChI=1S/C21H29FO6/c1-18-6-5-12(24)7-11(18)3-4-13-14-8-15(25)21(28,17(27)10-23)19(14,2)9-16(26)20(13,18)22/h7,13-16,23,25-26,28H,3-6,8-10H2,1-2H3/t13-,14-,15?,16+,18-,19-,20-,21-/m0/s1. The Bertz CT molecular complexity index is 766. The Morgan fingerprint density at radius 1 is 1.21 bits per heavy atom. The number of alkyl halides is 1. The van der Waals surface area contributed by atoms with Gasteiger partial charge in [0.2, 0.25) is 0 Å². The van der Waals surface area contributed by atoms with Crippen molar-refractivity contribution in [2.45, 2.75) is 75.9 Å². The highest BCUT2D eigenvalue weighted by molar-refractivity contribution is 5.92. The Kier molecular flexibility index (Phi) is 4.27. The van der Waals surface area contributed by atoms with E-state index >= 15 is 4.39 Å². The monoisotopic (exact) mass is 396 g/mol. The Balaban J connectivity index is 1.83. The van der Waals surface area contributed by atoms with Crippen LogP contribution in [0.4, 0.5) is 4.39 Å². The predicted molar refractivity (Wildman–Crippen MR) is 96.9 cm³/mol. The molecule has 28 heavy (non-hydrogen) atoms. The quantitative estimate of drug-likeness (QED) is 0.550. The van der Waals surface area contributed by atoms with Crippen molar-refractivity contribution in [3.05, 3.63) is 11.6 Å². The first-order valence-electron chi connectivity index (χ1n) is 10.1. The number of halogens is 1. The van der Waals surface area contributed by atoms with Crippen molar-refractivity contribution in [2.24, 2.45) is 22.7 Å². The van der Waals surface area contributed by atoms with E-state index in [2.05, 4.69) is 0 Å². The third-order valence-corrected chi connectivity index (χ3v) is 8.83. The van der Waals surface area contributed by atoms with E-state index in [0.717, 1.165) is 5.57 Å². The van der Waals surface area contributed by atoms with Crippen LogP contribution in [0.2, 0.25) is 0 Å². The Morgan fingerprint density at radius 2 is 1.89 bits per heavy atom. The molecule has 0 amide bonds. The van der Waals surface area contributed by atoms with Gasteiger partial charge in [0, 0.05) is 23.2 Å². The Labute approximate surface area is 163 Å². The van der Waals surface area contributed by atoms with Crippen molar-refractivity contribution < 1.29 is 34.4 Å². The summed E-state index contributed by atoms with van der Waals surface area (Å²) in [6.45, 7) is 2.45. The third-order valence-electron chi connectivity index (χ3n) is 8.83. The lowest BCUT2D eigenvalue weighted by Gasteiger charge is -2.63. The molecule has 1 unspecified atom stereocenters. The van der Waals surface area contributed by atoms with Crippen LogP contribution in [0.3, 0.4) is 0 Å². The number of aliphatic hydroxyl groups excluding tert-OH is 3. The van der Waals surface area contributed by atoms with Crippen molar-refractivity contribution in [2.75, 3.05) is 6.61 Å². The van der Waals surface area contributed by atoms with Gasteiger partial charge in [0.1, 0.15) is 12.3 Å². The van der Waals surface area contributed by atoms with Gasteiger partial charge in [-0.15, -0.1) is 0 Å². The number of aliphatic hydroxyl groups is 4. The molecule has 8 atom stereocenters. The molecule has 3 saturated carbocycles. The van der Waals surface area contributed by atoms with E-state index in [1.165, 1.54) is 6.08 Å². The van der Waals surface area contributed by atoms with Crippen LogP contribution in [0, 0.1) is 22.7 Å². The predicted octanol–water partition coefficient (Wildman–Crippen LogP) is 0.844. The maximum absolute atomic E-state index is 16.8. The maximum atomic E-state index is 16.8. The first-order valence-corrected chi connectivity index (χ1v) is 10.1. The molecule has 0 aromatic heterocycles. The van der Waals surface area contributed by atoms with Crippen LogP contribution in [0.1, 0.15) is 52.4 Å². The molecule has 4 aliphatic carbocycles. The molecule has 0 bridgehead atoms. The summed E-state index contributed by atoms with van der Waals surface area (Å²) in [6.07, 6.45) is -0.0824. The molecule has 4 N–H and O–H groups in total. The van der Waals surface area contributed by atoms with Crippen LogP contribution in [0.25, 0.3) is 0 Å². The zero-order chi connectivity index (χ0) is 20.7. The molecule has 0 radical (unpaired) electrons. The topological polar surface area (TPSA) is 115 Å². The molecule has 0 heterocycles. The van der Waals surface area contributed by atoms with Gasteiger partial charge in [-0.25, -0.2) is 4.39 Å². The SMILES string of the molecule is C[C@]12CCC(=O)C=C1CC[C@H]1[C@@H]3CC(O)[C@](O)(C(=O)CO)[C@@]3(C)C[C@@H](O)[C@@]12F. The Hall–Kier alpha value is -1.15. The van der Waals surface area contributed by atoms with Crippen molar-refractivity contribution >= 4 is 11.6 Å². The van der Waals surface area contributed by atoms with Gasteiger partial charge in [-0.3, -0.25) is 9.59 Å². The minimum atomic E-state index is -2.21. The first kappa shape index (κ1) is 20.1. The van der Waals surface area contributed by atoms with Gasteiger partial charge in [-0.05, 0) is 44.1 Å². The highest BCUT2D eigenvalue weighted by Crippen LogP contribution is 2.70. The number of hydrogen-bond acceptors (Lipinski definition) is 6. The second-order valence-electron chi connectivity index (χ2n) is 9.72. The summed E-state index contributed by atoms with van der Waals surface area (Å²) in [6, 6.07) is 0. The second kappa shape index (κ2) is 5.94. The minimum Gasteiger partial charge on any atom is -0.390 e. The lowest BCUT2D eigenvalue weighted by molar-refractivity contribution is -0.230. The van der Waals surface area contributed by atoms with Crippen LogP contribution in [0.15, 0.2) is 11.6 Å². The second-order valence-corrected chi connectivity index (χ2v) is 9.72. The van der Waals surface area contributed by atoms with Gasteiger partial charge < -0.3 is 20.4 Å². The summed E-state index contributed by atoms with van der Waals surface area (Å²) < 4.78 is 16.8. The molecular formula is C21H29FO6. The van der Waals surface area contributed by atoms with E-state index < -0.39 is 58.5 Å². The molecule has 6 nitrogen and oxygen atoms in total. The smallest absolute Gasteiger partial charge is 0.192 e. The average molecular weight is 396 g/mol. The number of allylic oxidation sites excluding steroid dienone is 1. The van der Waals surface area contributed by atoms with Gasteiger partial charge in [0.25, 0.3) is 0 Å². The van der Waals surface area contributed by atoms with Gasteiger partial charge in [-0.2, -0.15) is 0 Å². The number of Topliss-reactive ketones (excluding diaryl/α,β-unsaturated/α-hetero) is 1. The van der Waals surface area contributed by atoms with Crippen molar-refractivity contribution in [3.63, 3.8) is 0 Å². The molecule has 0 saturated heterocycles. The van der Waals surface area contributed by atoms with E-state index in [1.807, 2.05) is 0 Å². The molecule has 7 heteroatoms. The van der Waals surface area contributed by atoms with Gasteiger partial charge in [0.05, 0.1) is 12.2 Å². The highest BCUT2D eigenvalue weighted by atomic mass is 19.1. The van der Waals surface area contributed by atoms with E-state index in [9.17, 15) is 30.0 Å². The van der Waals surface area contributed by atoms with Crippen LogP contribution in [-0.4, -0.2) is 62.1 Å². The Morgan fingerprint density at radius 3 is 2.54 bits per heavy atom. The molecule has 0 aliphatic heterocycles. The molecule has 0 aromatic carbocycles. The summed E-state index contributed by atoms with van der Waals surface area (Å²) in [7, 11) is 0. The zero-order valence-electron chi connectivity index (χ0n) is 16.3. The number of fused-ring (bicyclic) bond motifs is 5. The third kappa shape index (κ3) is 2.06. The van der Waals surface area contributed by atoms with Gasteiger partial charge in [-0.1, -0.05) is 19.4 Å². The molecular weight excluding hydrogens is 367 g/mol. The molecule has 0 aromatic rings. The normalized spacial score (nSPS) is 53.1. The summed E-state index contributed by atoms with van der Waals surface area (Å²) in [4.78, 5) is 24.3. The fourth-order valence-electron chi connectivity index (χ4n) is 7.21.